The summed E-state index contributed by atoms with van der Waals surface area (Å²) in [6, 6.07) is 13.2. The van der Waals surface area contributed by atoms with Gasteiger partial charge in [0.25, 0.3) is 5.91 Å². The van der Waals surface area contributed by atoms with E-state index in [1.54, 1.807) is 24.3 Å². The molecule has 0 radical (unpaired) electrons. The second-order valence-corrected chi connectivity index (χ2v) is 5.51. The van der Waals surface area contributed by atoms with Crippen LogP contribution in [0, 0.1) is 5.82 Å². The Morgan fingerprint density at radius 1 is 1.20 bits per heavy atom. The molecule has 0 bridgehead atoms. The standard InChI is InChI=1S/C18H13ClFNO4/c19-13-9-11(20)5-7-16(13)24-10-12-6-8-17(25-12)18(23)21-14-3-1-2-4-15(14)22/h1-9,22H,10H2,(H,21,23). The Hall–Kier alpha value is -2.99. The molecular formula is C18H13ClFNO4. The molecule has 1 amide bonds. The van der Waals surface area contributed by atoms with Crippen molar-refractivity contribution in [2.75, 3.05) is 5.32 Å². The summed E-state index contributed by atoms with van der Waals surface area (Å²) in [6.45, 7) is 0.0230. The number of para-hydroxylation sites is 2. The first kappa shape index (κ1) is 16.9. The number of phenolic OH excluding ortho intramolecular Hbond substituents is 1. The molecule has 0 saturated carbocycles. The van der Waals surface area contributed by atoms with Crippen LogP contribution in [0.15, 0.2) is 59.0 Å². The number of hydrogen-bond donors (Lipinski definition) is 2. The summed E-state index contributed by atoms with van der Waals surface area (Å²) >= 11 is 5.87. The van der Waals surface area contributed by atoms with E-state index >= 15 is 0 Å². The van der Waals surface area contributed by atoms with Crippen molar-refractivity contribution < 1.29 is 23.4 Å². The molecule has 0 unspecified atom stereocenters. The van der Waals surface area contributed by atoms with E-state index < -0.39 is 11.7 Å². The van der Waals surface area contributed by atoms with E-state index in [4.69, 9.17) is 20.8 Å². The predicted octanol–water partition coefficient (Wildman–Crippen LogP) is 4.61. The fourth-order valence-corrected chi connectivity index (χ4v) is 2.30. The third-order valence-electron chi connectivity index (χ3n) is 3.30. The van der Waals surface area contributed by atoms with E-state index in [1.807, 2.05) is 0 Å². The summed E-state index contributed by atoms with van der Waals surface area (Å²) in [5, 5.41) is 12.3. The smallest absolute Gasteiger partial charge is 0.291 e. The summed E-state index contributed by atoms with van der Waals surface area (Å²) in [6.07, 6.45) is 0. The molecule has 7 heteroatoms. The highest BCUT2D eigenvalue weighted by molar-refractivity contribution is 6.32. The van der Waals surface area contributed by atoms with Gasteiger partial charge in [-0.1, -0.05) is 23.7 Å². The number of amides is 1. The lowest BCUT2D eigenvalue weighted by Gasteiger charge is -2.06. The number of furan rings is 1. The number of aromatic hydroxyl groups is 1. The normalized spacial score (nSPS) is 10.5. The summed E-state index contributed by atoms with van der Waals surface area (Å²) in [4.78, 5) is 12.1. The van der Waals surface area contributed by atoms with Crippen molar-refractivity contribution in [1.82, 2.24) is 0 Å². The topological polar surface area (TPSA) is 71.7 Å². The van der Waals surface area contributed by atoms with E-state index in [0.29, 0.717) is 11.5 Å². The average molecular weight is 362 g/mol. The number of carbonyl (C=O) groups excluding carboxylic acids is 1. The van der Waals surface area contributed by atoms with Crippen molar-refractivity contribution >= 4 is 23.2 Å². The van der Waals surface area contributed by atoms with Crippen molar-refractivity contribution in [1.29, 1.82) is 0 Å². The minimum atomic E-state index is -0.507. The van der Waals surface area contributed by atoms with Gasteiger partial charge in [-0.05, 0) is 42.5 Å². The molecule has 1 aromatic heterocycles. The Morgan fingerprint density at radius 2 is 2.00 bits per heavy atom. The monoisotopic (exact) mass is 361 g/mol. The summed E-state index contributed by atoms with van der Waals surface area (Å²) in [5.41, 5.74) is 0.278. The van der Waals surface area contributed by atoms with Gasteiger partial charge >= 0.3 is 0 Å². The first-order valence-corrected chi connectivity index (χ1v) is 7.66. The molecule has 3 aromatic rings. The van der Waals surface area contributed by atoms with Crippen LogP contribution in [-0.4, -0.2) is 11.0 Å². The van der Waals surface area contributed by atoms with Crippen LogP contribution < -0.4 is 10.1 Å². The zero-order chi connectivity index (χ0) is 17.8. The summed E-state index contributed by atoms with van der Waals surface area (Å²) in [5.74, 6) is -0.252. The maximum absolute atomic E-state index is 13.0. The van der Waals surface area contributed by atoms with E-state index in [-0.39, 0.29) is 28.8 Å². The Kier molecular flexibility index (Phi) is 4.90. The number of phenols is 1. The minimum absolute atomic E-state index is 0.0230. The highest BCUT2D eigenvalue weighted by Crippen LogP contribution is 2.26. The van der Waals surface area contributed by atoms with E-state index in [1.165, 1.54) is 24.3 Å². The van der Waals surface area contributed by atoms with Crippen LogP contribution in [0.2, 0.25) is 5.02 Å². The van der Waals surface area contributed by atoms with Crippen LogP contribution in [-0.2, 0) is 6.61 Å². The first-order chi connectivity index (χ1) is 12.0. The van der Waals surface area contributed by atoms with Crippen molar-refractivity contribution in [3.8, 4) is 11.5 Å². The quantitative estimate of drug-likeness (QED) is 0.651. The van der Waals surface area contributed by atoms with Gasteiger partial charge in [-0.25, -0.2) is 4.39 Å². The van der Waals surface area contributed by atoms with E-state index in [0.717, 1.165) is 6.07 Å². The molecule has 1 heterocycles. The highest BCUT2D eigenvalue weighted by Gasteiger charge is 2.14. The molecule has 0 saturated heterocycles. The van der Waals surface area contributed by atoms with Gasteiger partial charge in [0.05, 0.1) is 10.7 Å². The number of benzene rings is 2. The average Bonchev–Trinajstić information content (AvgIpc) is 3.05. The lowest BCUT2D eigenvalue weighted by atomic mass is 10.3. The van der Waals surface area contributed by atoms with E-state index in [9.17, 15) is 14.3 Å². The summed E-state index contributed by atoms with van der Waals surface area (Å²) < 4.78 is 23.8. The molecule has 0 atom stereocenters. The van der Waals surface area contributed by atoms with Gasteiger partial charge in [0.1, 0.15) is 29.7 Å². The minimum Gasteiger partial charge on any atom is -0.506 e. The van der Waals surface area contributed by atoms with Crippen LogP contribution in [0.3, 0.4) is 0 Å². The van der Waals surface area contributed by atoms with Gasteiger partial charge in [0, 0.05) is 0 Å². The van der Waals surface area contributed by atoms with Crippen molar-refractivity contribution in [2.45, 2.75) is 6.61 Å². The second kappa shape index (κ2) is 7.27. The zero-order valence-corrected chi connectivity index (χ0v) is 13.6. The maximum atomic E-state index is 13.0. The largest absolute Gasteiger partial charge is 0.506 e. The van der Waals surface area contributed by atoms with Gasteiger partial charge < -0.3 is 19.6 Å². The molecule has 5 nitrogen and oxygen atoms in total. The molecule has 2 N–H and O–H groups in total. The molecule has 0 aliphatic heterocycles. The molecular weight excluding hydrogens is 349 g/mol. The fourth-order valence-electron chi connectivity index (χ4n) is 2.08. The van der Waals surface area contributed by atoms with Crippen LogP contribution in [0.5, 0.6) is 11.5 Å². The van der Waals surface area contributed by atoms with E-state index in [2.05, 4.69) is 5.32 Å². The van der Waals surface area contributed by atoms with Gasteiger partial charge in [0.15, 0.2) is 5.76 Å². The number of rotatable bonds is 5. The van der Waals surface area contributed by atoms with Crippen molar-refractivity contribution in [3.05, 3.63) is 77.0 Å². The third kappa shape index (κ3) is 4.10. The molecule has 0 fully saturated rings. The number of halogens is 2. The number of nitrogens with one attached hydrogen (secondary N) is 1. The third-order valence-corrected chi connectivity index (χ3v) is 3.60. The van der Waals surface area contributed by atoms with Crippen molar-refractivity contribution in [3.63, 3.8) is 0 Å². The second-order valence-electron chi connectivity index (χ2n) is 5.10. The SMILES string of the molecule is O=C(Nc1ccccc1O)c1ccc(COc2ccc(F)cc2Cl)o1. The van der Waals surface area contributed by atoms with Crippen LogP contribution >= 0.6 is 11.6 Å². The van der Waals surface area contributed by atoms with Gasteiger partial charge in [-0.2, -0.15) is 0 Å². The Balaban J connectivity index is 1.64. The van der Waals surface area contributed by atoms with Crippen molar-refractivity contribution in [2.24, 2.45) is 0 Å². The molecule has 2 aromatic carbocycles. The summed E-state index contributed by atoms with van der Waals surface area (Å²) in [7, 11) is 0. The highest BCUT2D eigenvalue weighted by atomic mass is 35.5. The number of hydrogen-bond acceptors (Lipinski definition) is 4. The molecule has 0 aliphatic rings. The van der Waals surface area contributed by atoms with Crippen LogP contribution in [0.25, 0.3) is 0 Å². The zero-order valence-electron chi connectivity index (χ0n) is 12.8. The van der Waals surface area contributed by atoms with Crippen LogP contribution in [0.1, 0.15) is 16.3 Å². The molecule has 0 spiro atoms. The molecule has 25 heavy (non-hydrogen) atoms. The Morgan fingerprint density at radius 3 is 2.76 bits per heavy atom. The molecule has 128 valence electrons. The maximum Gasteiger partial charge on any atom is 0.291 e. The van der Waals surface area contributed by atoms with Crippen LogP contribution in [0.4, 0.5) is 10.1 Å². The lowest BCUT2D eigenvalue weighted by Crippen LogP contribution is -2.10. The number of anilines is 1. The Bertz CT molecular complexity index is 910. The Labute approximate surface area is 147 Å². The lowest BCUT2D eigenvalue weighted by molar-refractivity contribution is 0.0992. The number of carbonyl (C=O) groups is 1. The molecule has 3 rings (SSSR count). The fraction of sp³-hybridized carbons (Fsp3) is 0.0556. The predicted molar refractivity (Wildman–Crippen MR) is 90.5 cm³/mol. The first-order valence-electron chi connectivity index (χ1n) is 7.29. The molecule has 0 aliphatic carbocycles. The van der Waals surface area contributed by atoms with Gasteiger partial charge in [-0.3, -0.25) is 4.79 Å². The number of ether oxygens (including phenoxy) is 1. The van der Waals surface area contributed by atoms with Gasteiger partial charge in [0.2, 0.25) is 0 Å². The van der Waals surface area contributed by atoms with Gasteiger partial charge in [-0.15, -0.1) is 0 Å².